The average molecular weight is 484 g/mol. The van der Waals surface area contributed by atoms with E-state index in [0.29, 0.717) is 52.8 Å². The van der Waals surface area contributed by atoms with Gasteiger partial charge in [0.05, 0.1) is 37.9 Å². The Morgan fingerprint density at radius 3 is 2.50 bits per heavy atom. The summed E-state index contributed by atoms with van der Waals surface area (Å²) in [5.41, 5.74) is 1.99. The average Bonchev–Trinajstić information content (AvgIpc) is 2.84. The molecule has 0 aliphatic heterocycles. The van der Waals surface area contributed by atoms with Gasteiger partial charge in [-0.3, -0.25) is 0 Å². The van der Waals surface area contributed by atoms with Crippen molar-refractivity contribution in [3.05, 3.63) is 71.3 Å². The van der Waals surface area contributed by atoms with Gasteiger partial charge in [-0.1, -0.05) is 11.6 Å². The molecule has 0 atom stereocenters. The summed E-state index contributed by atoms with van der Waals surface area (Å²) in [5.74, 6) is 1.50. The van der Waals surface area contributed by atoms with Gasteiger partial charge in [0.1, 0.15) is 29.5 Å². The lowest BCUT2D eigenvalue weighted by atomic mass is 10.1. The second kappa shape index (κ2) is 10.0. The molecule has 7 nitrogen and oxygen atoms in total. The fourth-order valence-electron chi connectivity index (χ4n) is 3.66. The molecule has 176 valence electrons. The highest BCUT2D eigenvalue weighted by atomic mass is 35.5. The third-order valence-corrected chi connectivity index (χ3v) is 5.57. The molecule has 0 unspecified atom stereocenters. The van der Waals surface area contributed by atoms with Crippen LogP contribution >= 0.6 is 11.6 Å². The van der Waals surface area contributed by atoms with Crippen LogP contribution in [-0.2, 0) is 6.54 Å². The quantitative estimate of drug-likeness (QED) is 0.335. The fraction of sp³-hybridized carbons (Fsp3) is 0.200. The molecular formula is C25H23ClFN3O4. The van der Waals surface area contributed by atoms with Crippen molar-refractivity contribution in [2.75, 3.05) is 25.7 Å². The van der Waals surface area contributed by atoms with Crippen LogP contribution in [0.1, 0.15) is 12.5 Å². The molecule has 0 aliphatic rings. The van der Waals surface area contributed by atoms with Gasteiger partial charge in [0.15, 0.2) is 11.5 Å². The minimum atomic E-state index is -0.529. The van der Waals surface area contributed by atoms with E-state index in [1.165, 1.54) is 31.6 Å². The maximum absolute atomic E-state index is 14.0. The van der Waals surface area contributed by atoms with Crippen LogP contribution in [-0.4, -0.2) is 35.9 Å². The van der Waals surface area contributed by atoms with Gasteiger partial charge >= 0.3 is 0 Å². The van der Waals surface area contributed by atoms with E-state index in [2.05, 4.69) is 9.97 Å². The molecule has 1 N–H and O–H groups in total. The van der Waals surface area contributed by atoms with Gasteiger partial charge in [0.2, 0.25) is 0 Å². The molecule has 4 rings (SSSR count). The summed E-state index contributed by atoms with van der Waals surface area (Å²) < 4.78 is 30.4. The van der Waals surface area contributed by atoms with Crippen LogP contribution in [0.4, 0.5) is 15.9 Å². The summed E-state index contributed by atoms with van der Waals surface area (Å²) in [5, 5.41) is 11.0. The van der Waals surface area contributed by atoms with Crippen LogP contribution < -0.4 is 19.1 Å². The summed E-state index contributed by atoms with van der Waals surface area (Å²) in [6, 6.07) is 13.2. The van der Waals surface area contributed by atoms with E-state index in [0.717, 1.165) is 5.56 Å². The lowest BCUT2D eigenvalue weighted by Crippen LogP contribution is -2.19. The fourth-order valence-corrected chi connectivity index (χ4v) is 3.84. The van der Waals surface area contributed by atoms with Crippen LogP contribution in [0.2, 0.25) is 5.02 Å². The second-order valence-electron chi connectivity index (χ2n) is 7.33. The van der Waals surface area contributed by atoms with Crippen molar-refractivity contribution in [2.24, 2.45) is 0 Å². The monoisotopic (exact) mass is 483 g/mol. The molecular weight excluding hydrogens is 461 g/mol. The number of rotatable bonds is 8. The van der Waals surface area contributed by atoms with Crippen molar-refractivity contribution < 1.29 is 23.7 Å². The summed E-state index contributed by atoms with van der Waals surface area (Å²) in [7, 11) is 3.05. The first kappa shape index (κ1) is 23.4. The van der Waals surface area contributed by atoms with E-state index in [1.807, 2.05) is 30.0 Å². The zero-order valence-corrected chi connectivity index (χ0v) is 19.6. The Balaban J connectivity index is 1.88. The summed E-state index contributed by atoms with van der Waals surface area (Å²) in [6.45, 7) is 2.74. The first-order chi connectivity index (χ1) is 16.4. The molecule has 0 radical (unpaired) electrons. The van der Waals surface area contributed by atoms with Gasteiger partial charge in [-0.05, 0) is 43.3 Å². The number of hydrogen-bond donors (Lipinski definition) is 1. The molecule has 0 bridgehead atoms. The van der Waals surface area contributed by atoms with E-state index in [-0.39, 0.29) is 10.8 Å². The molecule has 0 spiro atoms. The number of benzene rings is 3. The van der Waals surface area contributed by atoms with E-state index in [4.69, 9.17) is 25.8 Å². The number of methoxy groups -OCH3 is 2. The minimum Gasteiger partial charge on any atom is -0.504 e. The third kappa shape index (κ3) is 4.63. The highest BCUT2D eigenvalue weighted by Crippen LogP contribution is 2.38. The number of halogens is 2. The van der Waals surface area contributed by atoms with Crippen molar-refractivity contribution in [1.82, 2.24) is 9.97 Å². The molecule has 0 saturated carbocycles. The number of anilines is 2. The number of hydrogen-bond acceptors (Lipinski definition) is 7. The zero-order chi connectivity index (χ0) is 24.2. The SMILES string of the molecule is CCOc1ccc(CN(c2ccc(F)c(Cl)c2)c2ncnc3cc(OC)c(O)cc23)c(OC)c1. The summed E-state index contributed by atoms with van der Waals surface area (Å²) in [6.07, 6.45) is 1.42. The van der Waals surface area contributed by atoms with Gasteiger partial charge in [-0.2, -0.15) is 0 Å². The maximum Gasteiger partial charge on any atom is 0.162 e. The molecule has 3 aromatic carbocycles. The van der Waals surface area contributed by atoms with Crippen LogP contribution in [0.25, 0.3) is 10.9 Å². The van der Waals surface area contributed by atoms with Crippen molar-refractivity contribution >= 4 is 34.0 Å². The minimum absolute atomic E-state index is 0.0240. The maximum atomic E-state index is 14.0. The number of fused-ring (bicyclic) bond motifs is 1. The first-order valence-electron chi connectivity index (χ1n) is 10.5. The Bertz CT molecular complexity index is 1340. The number of aromatic nitrogens is 2. The lowest BCUT2D eigenvalue weighted by molar-refractivity contribution is 0.335. The largest absolute Gasteiger partial charge is 0.504 e. The van der Waals surface area contributed by atoms with Gasteiger partial charge in [0, 0.05) is 28.8 Å². The van der Waals surface area contributed by atoms with E-state index in [9.17, 15) is 9.50 Å². The zero-order valence-electron chi connectivity index (χ0n) is 18.9. The van der Waals surface area contributed by atoms with Crippen molar-refractivity contribution in [1.29, 1.82) is 0 Å². The van der Waals surface area contributed by atoms with Crippen molar-refractivity contribution in [2.45, 2.75) is 13.5 Å². The third-order valence-electron chi connectivity index (χ3n) is 5.28. The van der Waals surface area contributed by atoms with Gasteiger partial charge in [0.25, 0.3) is 0 Å². The number of nitrogens with zero attached hydrogens (tertiary/aromatic N) is 3. The molecule has 0 saturated heterocycles. The Labute approximate surface area is 201 Å². The van der Waals surface area contributed by atoms with Gasteiger partial charge < -0.3 is 24.2 Å². The molecule has 0 amide bonds. The highest BCUT2D eigenvalue weighted by molar-refractivity contribution is 6.31. The van der Waals surface area contributed by atoms with Crippen LogP contribution in [0.15, 0.2) is 54.9 Å². The molecule has 0 aliphatic carbocycles. The Kier molecular flexibility index (Phi) is 6.88. The summed E-state index contributed by atoms with van der Waals surface area (Å²) >= 11 is 6.11. The predicted octanol–water partition coefficient (Wildman–Crippen LogP) is 5.88. The van der Waals surface area contributed by atoms with E-state index >= 15 is 0 Å². The van der Waals surface area contributed by atoms with Crippen LogP contribution in [0, 0.1) is 5.82 Å². The number of ether oxygens (including phenoxy) is 3. The Morgan fingerprint density at radius 2 is 1.79 bits per heavy atom. The van der Waals surface area contributed by atoms with Crippen molar-refractivity contribution in [3.8, 4) is 23.0 Å². The van der Waals surface area contributed by atoms with Crippen LogP contribution in [0.5, 0.6) is 23.0 Å². The molecule has 1 aromatic heterocycles. The molecule has 34 heavy (non-hydrogen) atoms. The molecule has 4 aromatic rings. The lowest BCUT2D eigenvalue weighted by Gasteiger charge is -2.26. The molecule has 0 fully saturated rings. The predicted molar refractivity (Wildman–Crippen MR) is 129 cm³/mol. The number of phenolic OH excluding ortho intramolecular Hbond substituents is 1. The van der Waals surface area contributed by atoms with Crippen molar-refractivity contribution in [3.63, 3.8) is 0 Å². The Morgan fingerprint density at radius 1 is 1.00 bits per heavy atom. The van der Waals surface area contributed by atoms with Crippen LogP contribution in [0.3, 0.4) is 0 Å². The van der Waals surface area contributed by atoms with E-state index in [1.54, 1.807) is 19.2 Å². The number of aromatic hydroxyl groups is 1. The van der Waals surface area contributed by atoms with Gasteiger partial charge in [-0.25, -0.2) is 14.4 Å². The standard InChI is InChI=1S/C25H23ClFN3O4/c1-4-34-17-7-5-15(23(10-17)32-2)13-30(16-6-8-20(27)19(26)9-16)25-18-11-22(31)24(33-3)12-21(18)28-14-29-25/h5-12,14,31H,4,13H2,1-3H3. The number of phenols is 1. The smallest absolute Gasteiger partial charge is 0.162 e. The second-order valence-corrected chi connectivity index (χ2v) is 7.74. The molecule has 9 heteroatoms. The topological polar surface area (TPSA) is 76.9 Å². The highest BCUT2D eigenvalue weighted by Gasteiger charge is 2.20. The van der Waals surface area contributed by atoms with E-state index < -0.39 is 5.82 Å². The van der Waals surface area contributed by atoms with Gasteiger partial charge in [-0.15, -0.1) is 0 Å². The summed E-state index contributed by atoms with van der Waals surface area (Å²) in [4.78, 5) is 10.7. The molecule has 1 heterocycles. The normalized spacial score (nSPS) is 10.9. The Hall–Kier alpha value is -3.78. The first-order valence-corrected chi connectivity index (χ1v) is 10.9.